The van der Waals surface area contributed by atoms with Gasteiger partial charge < -0.3 is 15.4 Å². The summed E-state index contributed by atoms with van der Waals surface area (Å²) in [7, 11) is 0. The molecule has 0 aromatic carbocycles. The number of esters is 1. The van der Waals surface area contributed by atoms with Crippen LogP contribution in [0.25, 0.3) is 0 Å². The first-order valence-electron chi connectivity index (χ1n) is 6.48. The van der Waals surface area contributed by atoms with Crippen LogP contribution >= 0.6 is 0 Å². The molecule has 0 saturated carbocycles. The van der Waals surface area contributed by atoms with E-state index in [0.717, 1.165) is 12.8 Å². The molecule has 1 rings (SSSR count). The van der Waals surface area contributed by atoms with Gasteiger partial charge in [0, 0.05) is 6.54 Å². The highest BCUT2D eigenvalue weighted by Gasteiger charge is 2.20. The van der Waals surface area contributed by atoms with E-state index in [1.807, 2.05) is 12.2 Å². The number of nitrogens with one attached hydrogen (secondary N) is 2. The number of allylic oxidation sites excluding steroid dienone is 2. The molecule has 0 aromatic rings. The molecular weight excluding hydrogens is 248 g/mol. The fourth-order valence-electron chi connectivity index (χ4n) is 1.75. The predicted octanol–water partition coefficient (Wildman–Crippen LogP) is 0.138. The Bertz CT molecular complexity index is 366. The number of carbonyl (C=O) groups is 3. The molecule has 1 aliphatic carbocycles. The van der Waals surface area contributed by atoms with Gasteiger partial charge in [-0.05, 0) is 26.2 Å². The van der Waals surface area contributed by atoms with Crippen molar-refractivity contribution in [2.75, 3.05) is 19.7 Å². The van der Waals surface area contributed by atoms with Crippen LogP contribution in [0.15, 0.2) is 12.2 Å². The van der Waals surface area contributed by atoms with Gasteiger partial charge >= 0.3 is 5.97 Å². The molecular formula is C13H20N2O4. The Morgan fingerprint density at radius 1 is 1.21 bits per heavy atom. The van der Waals surface area contributed by atoms with E-state index in [4.69, 9.17) is 4.74 Å². The number of carbonyl (C=O) groups excluding carboxylic acids is 3. The molecule has 0 aromatic heterocycles. The van der Waals surface area contributed by atoms with Gasteiger partial charge in [-0.2, -0.15) is 0 Å². The third-order valence-corrected chi connectivity index (χ3v) is 2.77. The van der Waals surface area contributed by atoms with Crippen LogP contribution in [0.3, 0.4) is 0 Å². The van der Waals surface area contributed by atoms with E-state index in [1.54, 1.807) is 6.92 Å². The van der Waals surface area contributed by atoms with Gasteiger partial charge in [-0.1, -0.05) is 12.2 Å². The third kappa shape index (κ3) is 6.03. The van der Waals surface area contributed by atoms with Crippen molar-refractivity contribution in [1.29, 1.82) is 0 Å². The Morgan fingerprint density at radius 3 is 2.63 bits per heavy atom. The molecule has 0 heterocycles. The van der Waals surface area contributed by atoms with Gasteiger partial charge in [-0.25, -0.2) is 0 Å². The van der Waals surface area contributed by atoms with Gasteiger partial charge in [-0.15, -0.1) is 0 Å². The molecule has 0 saturated heterocycles. The summed E-state index contributed by atoms with van der Waals surface area (Å²) >= 11 is 0. The zero-order valence-corrected chi connectivity index (χ0v) is 11.1. The van der Waals surface area contributed by atoms with Crippen molar-refractivity contribution in [3.8, 4) is 0 Å². The molecule has 0 fully saturated rings. The van der Waals surface area contributed by atoms with Crippen LogP contribution < -0.4 is 10.6 Å². The molecule has 2 amide bonds. The fraction of sp³-hybridized carbons (Fsp3) is 0.615. The predicted molar refractivity (Wildman–Crippen MR) is 69.1 cm³/mol. The summed E-state index contributed by atoms with van der Waals surface area (Å²) < 4.78 is 4.92. The molecule has 6 heteroatoms. The van der Waals surface area contributed by atoms with E-state index >= 15 is 0 Å². The molecule has 0 aliphatic heterocycles. The average molecular weight is 268 g/mol. The quantitative estimate of drug-likeness (QED) is 0.530. The maximum atomic E-state index is 11.6. The van der Waals surface area contributed by atoms with Crippen molar-refractivity contribution in [2.24, 2.45) is 5.92 Å². The zero-order chi connectivity index (χ0) is 14.1. The zero-order valence-electron chi connectivity index (χ0n) is 11.1. The number of hydrogen-bond donors (Lipinski definition) is 2. The Labute approximate surface area is 112 Å². The molecule has 2 N–H and O–H groups in total. The van der Waals surface area contributed by atoms with Crippen molar-refractivity contribution in [1.82, 2.24) is 10.6 Å². The molecule has 0 unspecified atom stereocenters. The maximum Gasteiger partial charge on any atom is 0.309 e. The summed E-state index contributed by atoms with van der Waals surface area (Å²) in [5.41, 5.74) is 0. The van der Waals surface area contributed by atoms with Crippen molar-refractivity contribution in [3.05, 3.63) is 12.2 Å². The maximum absolute atomic E-state index is 11.6. The van der Waals surface area contributed by atoms with Crippen LogP contribution in [0.5, 0.6) is 0 Å². The first-order chi connectivity index (χ1) is 9.13. The largest absolute Gasteiger partial charge is 0.455 e. The van der Waals surface area contributed by atoms with Gasteiger partial charge in [-0.3, -0.25) is 14.4 Å². The molecule has 106 valence electrons. The van der Waals surface area contributed by atoms with Crippen molar-refractivity contribution in [3.63, 3.8) is 0 Å². The molecule has 6 nitrogen and oxygen atoms in total. The lowest BCUT2D eigenvalue weighted by molar-refractivity contribution is -0.152. The van der Waals surface area contributed by atoms with E-state index in [2.05, 4.69) is 10.6 Å². The Balaban J connectivity index is 2.17. The van der Waals surface area contributed by atoms with E-state index in [1.165, 1.54) is 0 Å². The molecule has 0 spiro atoms. The minimum absolute atomic E-state index is 0.101. The SMILES string of the molecule is CCNC(=O)CNC(=O)COC(=O)[C@@H]1CC=CCC1. The lowest BCUT2D eigenvalue weighted by atomic mass is 9.95. The Hall–Kier alpha value is -1.85. The van der Waals surface area contributed by atoms with Crippen molar-refractivity contribution >= 4 is 17.8 Å². The van der Waals surface area contributed by atoms with Gasteiger partial charge in [0.2, 0.25) is 5.91 Å². The first kappa shape index (κ1) is 15.2. The normalized spacial score (nSPS) is 17.6. The summed E-state index contributed by atoms with van der Waals surface area (Å²) in [6.45, 7) is 1.87. The summed E-state index contributed by atoms with van der Waals surface area (Å²) in [6.07, 6.45) is 6.27. The second-order valence-electron chi connectivity index (χ2n) is 4.32. The summed E-state index contributed by atoms with van der Waals surface area (Å²) in [4.78, 5) is 34.1. The number of hydrogen-bond acceptors (Lipinski definition) is 4. The van der Waals surface area contributed by atoms with Gasteiger partial charge in [0.1, 0.15) is 0 Å². The van der Waals surface area contributed by atoms with Gasteiger partial charge in [0.15, 0.2) is 6.61 Å². The summed E-state index contributed by atoms with van der Waals surface area (Å²) in [5.74, 6) is -1.23. The number of amides is 2. The van der Waals surface area contributed by atoms with Crippen molar-refractivity contribution in [2.45, 2.75) is 26.2 Å². The van der Waals surface area contributed by atoms with Crippen LogP contribution in [0.4, 0.5) is 0 Å². The lowest BCUT2D eigenvalue weighted by Gasteiger charge is -2.16. The third-order valence-electron chi connectivity index (χ3n) is 2.77. The van der Waals surface area contributed by atoms with E-state index in [0.29, 0.717) is 13.0 Å². The Kier molecular flexibility index (Phi) is 6.63. The monoisotopic (exact) mass is 268 g/mol. The fourth-order valence-corrected chi connectivity index (χ4v) is 1.75. The highest BCUT2D eigenvalue weighted by Crippen LogP contribution is 2.19. The second kappa shape index (κ2) is 8.29. The molecule has 0 bridgehead atoms. The van der Waals surface area contributed by atoms with Gasteiger partial charge in [0.05, 0.1) is 12.5 Å². The minimum atomic E-state index is -0.467. The standard InChI is InChI=1S/C13H20N2O4/c1-2-14-11(16)8-15-12(17)9-19-13(18)10-6-4-3-5-7-10/h3-4,10H,2,5-9H2,1H3,(H,14,16)(H,15,17)/t10-/m1/s1. The number of ether oxygens (including phenoxy) is 1. The van der Waals surface area contributed by atoms with Crippen LogP contribution in [0, 0.1) is 5.92 Å². The van der Waals surface area contributed by atoms with Crippen molar-refractivity contribution < 1.29 is 19.1 Å². The first-order valence-corrected chi connectivity index (χ1v) is 6.48. The molecule has 1 atom stereocenters. The highest BCUT2D eigenvalue weighted by molar-refractivity contribution is 5.86. The molecule has 19 heavy (non-hydrogen) atoms. The summed E-state index contributed by atoms with van der Waals surface area (Å²) in [5, 5.41) is 4.93. The average Bonchev–Trinajstić information content (AvgIpc) is 2.44. The van der Waals surface area contributed by atoms with E-state index in [-0.39, 0.29) is 30.9 Å². The number of likely N-dealkylation sites (N-methyl/N-ethyl adjacent to an activating group) is 1. The van der Waals surface area contributed by atoms with E-state index < -0.39 is 5.91 Å². The molecule has 0 radical (unpaired) electrons. The topological polar surface area (TPSA) is 84.5 Å². The van der Waals surface area contributed by atoms with Crippen LogP contribution in [-0.4, -0.2) is 37.5 Å². The number of rotatable bonds is 6. The summed E-state index contributed by atoms with van der Waals surface area (Å²) in [6, 6.07) is 0. The highest BCUT2D eigenvalue weighted by atomic mass is 16.5. The van der Waals surface area contributed by atoms with E-state index in [9.17, 15) is 14.4 Å². The minimum Gasteiger partial charge on any atom is -0.455 e. The van der Waals surface area contributed by atoms with Crippen LogP contribution in [-0.2, 0) is 19.1 Å². The van der Waals surface area contributed by atoms with Crippen LogP contribution in [0.2, 0.25) is 0 Å². The Morgan fingerprint density at radius 2 is 2.00 bits per heavy atom. The smallest absolute Gasteiger partial charge is 0.309 e. The second-order valence-corrected chi connectivity index (χ2v) is 4.32. The molecule has 1 aliphatic rings. The van der Waals surface area contributed by atoms with Gasteiger partial charge in [0.25, 0.3) is 5.91 Å². The lowest BCUT2D eigenvalue weighted by Crippen LogP contribution is -2.38. The van der Waals surface area contributed by atoms with Crippen LogP contribution in [0.1, 0.15) is 26.2 Å².